The van der Waals surface area contributed by atoms with Crippen LogP contribution in [0.1, 0.15) is 52.0 Å². The summed E-state index contributed by atoms with van der Waals surface area (Å²) in [5, 5.41) is 14.9. The van der Waals surface area contributed by atoms with Gasteiger partial charge in [0.25, 0.3) is 5.56 Å². The standard InChI is InChI=1S/C19H31N3O4Si/c1-19(2,3)27(4,5)26-11-9-13-17-18(14(23)12-15(24)20-17)21-22(13)16-8-6-7-10-25-16/h12,16,23H,6-11H2,1-5H3,(H,20,24). The molecule has 0 saturated carbocycles. The number of pyridine rings is 1. The summed E-state index contributed by atoms with van der Waals surface area (Å²) in [6, 6.07) is 1.16. The van der Waals surface area contributed by atoms with Gasteiger partial charge in [0.1, 0.15) is 0 Å². The number of aromatic amines is 1. The summed E-state index contributed by atoms with van der Waals surface area (Å²) in [7, 11) is -1.87. The van der Waals surface area contributed by atoms with Crippen molar-refractivity contribution in [2.24, 2.45) is 0 Å². The molecule has 0 amide bonds. The van der Waals surface area contributed by atoms with E-state index in [1.54, 1.807) is 0 Å². The van der Waals surface area contributed by atoms with Crippen molar-refractivity contribution in [2.45, 2.75) is 70.8 Å². The van der Waals surface area contributed by atoms with Crippen molar-refractivity contribution < 1.29 is 14.3 Å². The smallest absolute Gasteiger partial charge is 0.252 e. The molecule has 0 spiro atoms. The fourth-order valence-electron chi connectivity index (χ4n) is 3.15. The maximum Gasteiger partial charge on any atom is 0.252 e. The predicted molar refractivity (Wildman–Crippen MR) is 108 cm³/mol. The lowest BCUT2D eigenvalue weighted by Crippen LogP contribution is -2.41. The van der Waals surface area contributed by atoms with E-state index in [1.165, 1.54) is 0 Å². The highest BCUT2D eigenvalue weighted by Gasteiger charge is 2.37. The first-order valence-corrected chi connectivity index (χ1v) is 12.6. The quantitative estimate of drug-likeness (QED) is 0.756. The largest absolute Gasteiger partial charge is 0.505 e. The summed E-state index contributed by atoms with van der Waals surface area (Å²) in [5.41, 5.74) is 1.50. The third kappa shape index (κ3) is 4.12. The van der Waals surface area contributed by atoms with Gasteiger partial charge in [-0.25, -0.2) is 4.68 Å². The Morgan fingerprint density at radius 3 is 2.78 bits per heavy atom. The molecular weight excluding hydrogens is 362 g/mol. The molecule has 2 aromatic heterocycles. The lowest BCUT2D eigenvalue weighted by atomic mass is 10.2. The molecule has 3 rings (SSSR count). The highest BCUT2D eigenvalue weighted by molar-refractivity contribution is 6.74. The van der Waals surface area contributed by atoms with Crippen LogP contribution in [-0.2, 0) is 15.6 Å². The zero-order valence-corrected chi connectivity index (χ0v) is 18.0. The minimum absolute atomic E-state index is 0.102. The minimum Gasteiger partial charge on any atom is -0.505 e. The van der Waals surface area contributed by atoms with Crippen LogP contribution >= 0.6 is 0 Å². The number of ether oxygens (including phenoxy) is 1. The fraction of sp³-hybridized carbons (Fsp3) is 0.684. The molecule has 1 unspecified atom stereocenters. The second kappa shape index (κ2) is 7.41. The number of hydrogen-bond acceptors (Lipinski definition) is 5. The Morgan fingerprint density at radius 2 is 2.15 bits per heavy atom. The molecule has 2 N–H and O–H groups in total. The van der Waals surface area contributed by atoms with Gasteiger partial charge in [0.15, 0.2) is 25.8 Å². The van der Waals surface area contributed by atoms with E-state index in [0.29, 0.717) is 30.7 Å². The zero-order chi connectivity index (χ0) is 19.8. The summed E-state index contributed by atoms with van der Waals surface area (Å²) in [6.07, 6.45) is 3.42. The Labute approximate surface area is 160 Å². The third-order valence-corrected chi connectivity index (χ3v) is 10.3. The Bertz CT molecular complexity index is 860. The first-order valence-electron chi connectivity index (χ1n) is 9.69. The summed E-state index contributed by atoms with van der Waals surface area (Å²) in [5.74, 6) is -0.102. The zero-order valence-electron chi connectivity index (χ0n) is 17.0. The number of H-pyrrole nitrogens is 1. The molecule has 8 heteroatoms. The predicted octanol–water partition coefficient (Wildman–Crippen LogP) is 3.69. The van der Waals surface area contributed by atoms with E-state index in [0.717, 1.165) is 31.0 Å². The van der Waals surface area contributed by atoms with E-state index in [2.05, 4.69) is 43.9 Å². The Hall–Kier alpha value is -1.64. The van der Waals surface area contributed by atoms with Gasteiger partial charge in [0.05, 0.1) is 11.2 Å². The van der Waals surface area contributed by atoms with Gasteiger partial charge in [0, 0.05) is 25.7 Å². The van der Waals surface area contributed by atoms with Crippen LogP contribution in [-0.4, -0.2) is 41.4 Å². The fourth-order valence-corrected chi connectivity index (χ4v) is 4.19. The average molecular weight is 394 g/mol. The van der Waals surface area contributed by atoms with Crippen molar-refractivity contribution in [2.75, 3.05) is 13.2 Å². The van der Waals surface area contributed by atoms with Gasteiger partial charge in [0.2, 0.25) is 0 Å². The number of fused-ring (bicyclic) bond motifs is 1. The van der Waals surface area contributed by atoms with E-state index in [1.807, 2.05) is 4.68 Å². The highest BCUT2D eigenvalue weighted by Crippen LogP contribution is 2.37. The van der Waals surface area contributed by atoms with E-state index in [9.17, 15) is 9.90 Å². The molecule has 1 aliphatic heterocycles. The normalized spacial score (nSPS) is 18.9. The lowest BCUT2D eigenvalue weighted by molar-refractivity contribution is -0.0408. The molecule has 150 valence electrons. The molecule has 0 aromatic carbocycles. The van der Waals surface area contributed by atoms with Crippen molar-refractivity contribution in [1.82, 2.24) is 14.8 Å². The van der Waals surface area contributed by atoms with Crippen LogP contribution in [0.4, 0.5) is 0 Å². The molecule has 1 fully saturated rings. The molecule has 0 aliphatic carbocycles. The lowest BCUT2D eigenvalue weighted by Gasteiger charge is -2.36. The van der Waals surface area contributed by atoms with Crippen LogP contribution in [0.25, 0.3) is 11.0 Å². The molecule has 1 atom stereocenters. The van der Waals surface area contributed by atoms with Crippen LogP contribution < -0.4 is 5.56 Å². The molecule has 3 heterocycles. The van der Waals surface area contributed by atoms with Crippen molar-refractivity contribution in [1.29, 1.82) is 0 Å². The number of aromatic nitrogens is 3. The first-order chi connectivity index (χ1) is 12.6. The Kier molecular flexibility index (Phi) is 5.51. The molecular formula is C19H31N3O4Si. The van der Waals surface area contributed by atoms with Crippen molar-refractivity contribution in [3.63, 3.8) is 0 Å². The molecule has 0 radical (unpaired) electrons. The van der Waals surface area contributed by atoms with E-state index in [4.69, 9.17) is 9.16 Å². The van der Waals surface area contributed by atoms with Crippen molar-refractivity contribution >= 4 is 19.4 Å². The van der Waals surface area contributed by atoms with Crippen LogP contribution in [0.5, 0.6) is 5.75 Å². The first kappa shape index (κ1) is 20.1. The monoisotopic (exact) mass is 393 g/mol. The van der Waals surface area contributed by atoms with E-state index >= 15 is 0 Å². The van der Waals surface area contributed by atoms with Gasteiger partial charge in [-0.15, -0.1) is 0 Å². The number of rotatable bonds is 5. The average Bonchev–Trinajstić information content (AvgIpc) is 2.93. The topological polar surface area (TPSA) is 89.4 Å². The summed E-state index contributed by atoms with van der Waals surface area (Å²) in [6.45, 7) is 12.3. The van der Waals surface area contributed by atoms with E-state index < -0.39 is 8.32 Å². The SMILES string of the molecule is CC(C)(C)[Si](C)(C)OCCc1c2[nH]c(=O)cc(O)c2nn1C1CCCCO1. The number of nitrogens with one attached hydrogen (secondary N) is 1. The van der Waals surface area contributed by atoms with Gasteiger partial charge in [-0.3, -0.25) is 4.79 Å². The molecule has 1 aliphatic rings. The van der Waals surface area contributed by atoms with Gasteiger partial charge in [-0.05, 0) is 37.4 Å². The Morgan fingerprint density at radius 1 is 1.41 bits per heavy atom. The van der Waals surface area contributed by atoms with Gasteiger partial charge in [-0.1, -0.05) is 20.8 Å². The van der Waals surface area contributed by atoms with Crippen LogP contribution in [0.3, 0.4) is 0 Å². The molecule has 27 heavy (non-hydrogen) atoms. The summed E-state index contributed by atoms with van der Waals surface area (Å²) < 4.78 is 14.0. The molecule has 2 aromatic rings. The van der Waals surface area contributed by atoms with Crippen LogP contribution in [0, 0.1) is 0 Å². The van der Waals surface area contributed by atoms with Crippen molar-refractivity contribution in [3.8, 4) is 5.75 Å². The van der Waals surface area contributed by atoms with Gasteiger partial charge >= 0.3 is 0 Å². The van der Waals surface area contributed by atoms with E-state index in [-0.39, 0.29) is 22.6 Å². The summed E-state index contributed by atoms with van der Waals surface area (Å²) >= 11 is 0. The third-order valence-electron chi connectivity index (χ3n) is 5.80. The Balaban J connectivity index is 1.93. The maximum absolute atomic E-state index is 11.9. The highest BCUT2D eigenvalue weighted by atomic mass is 28.4. The second-order valence-corrected chi connectivity index (χ2v) is 13.6. The van der Waals surface area contributed by atoms with Gasteiger partial charge in [-0.2, -0.15) is 5.10 Å². The van der Waals surface area contributed by atoms with Crippen LogP contribution in [0.15, 0.2) is 10.9 Å². The number of nitrogens with zero attached hydrogens (tertiary/aromatic N) is 2. The number of hydrogen-bond donors (Lipinski definition) is 2. The second-order valence-electron chi connectivity index (χ2n) is 8.81. The summed E-state index contributed by atoms with van der Waals surface area (Å²) in [4.78, 5) is 14.7. The van der Waals surface area contributed by atoms with Crippen LogP contribution in [0.2, 0.25) is 18.1 Å². The minimum atomic E-state index is -1.87. The molecule has 7 nitrogen and oxygen atoms in total. The van der Waals surface area contributed by atoms with Crippen molar-refractivity contribution in [3.05, 3.63) is 22.1 Å². The number of aromatic hydroxyl groups is 1. The maximum atomic E-state index is 11.9. The molecule has 1 saturated heterocycles. The van der Waals surface area contributed by atoms with Gasteiger partial charge < -0.3 is 19.3 Å². The molecule has 0 bridgehead atoms.